The van der Waals surface area contributed by atoms with Crippen molar-refractivity contribution in [2.24, 2.45) is 17.8 Å². The summed E-state index contributed by atoms with van der Waals surface area (Å²) >= 11 is 3.25. The third kappa shape index (κ3) is 3.03. The molecule has 0 saturated heterocycles. The van der Waals surface area contributed by atoms with E-state index in [1.165, 1.54) is 31.7 Å². The Balaban J connectivity index is 1.57. The third-order valence-electron chi connectivity index (χ3n) is 4.93. The van der Waals surface area contributed by atoms with E-state index in [-0.39, 0.29) is 5.82 Å². The molecule has 2 saturated carbocycles. The molecule has 4 atom stereocenters. The van der Waals surface area contributed by atoms with Crippen LogP contribution in [0.5, 0.6) is 0 Å². The van der Waals surface area contributed by atoms with E-state index < -0.39 is 6.10 Å². The molecule has 2 aliphatic carbocycles. The molecular formula is C16H20BrFO. The van der Waals surface area contributed by atoms with E-state index in [0.29, 0.717) is 17.9 Å². The normalized spacial score (nSPS) is 30.8. The van der Waals surface area contributed by atoms with Gasteiger partial charge in [-0.2, -0.15) is 0 Å². The molecule has 1 aromatic carbocycles. The molecule has 4 unspecified atom stereocenters. The topological polar surface area (TPSA) is 20.2 Å². The molecule has 3 rings (SSSR count). The second kappa shape index (κ2) is 5.53. The fraction of sp³-hybridized carbons (Fsp3) is 0.625. The fourth-order valence-corrected chi connectivity index (χ4v) is 4.37. The molecular weight excluding hydrogens is 307 g/mol. The van der Waals surface area contributed by atoms with Crippen LogP contribution < -0.4 is 0 Å². The van der Waals surface area contributed by atoms with Gasteiger partial charge in [-0.25, -0.2) is 4.39 Å². The van der Waals surface area contributed by atoms with E-state index >= 15 is 0 Å². The zero-order valence-electron chi connectivity index (χ0n) is 11.0. The Bertz CT molecular complexity index is 462. The average Bonchev–Trinajstić information content (AvgIpc) is 2.95. The van der Waals surface area contributed by atoms with Gasteiger partial charge >= 0.3 is 0 Å². The lowest BCUT2D eigenvalue weighted by atomic mass is 9.84. The van der Waals surface area contributed by atoms with Crippen molar-refractivity contribution in [3.05, 3.63) is 34.1 Å². The first kappa shape index (κ1) is 13.6. The number of aliphatic hydroxyl groups excluding tert-OH is 1. The minimum absolute atomic E-state index is 0.221. The van der Waals surface area contributed by atoms with Gasteiger partial charge in [-0.3, -0.25) is 0 Å². The van der Waals surface area contributed by atoms with Gasteiger partial charge in [0.2, 0.25) is 0 Å². The number of hydrogen-bond acceptors (Lipinski definition) is 1. The van der Waals surface area contributed by atoms with E-state index in [9.17, 15) is 9.50 Å². The quantitative estimate of drug-likeness (QED) is 0.873. The van der Waals surface area contributed by atoms with Gasteiger partial charge in [-0.15, -0.1) is 0 Å². The lowest BCUT2D eigenvalue weighted by Gasteiger charge is -2.24. The minimum atomic E-state index is -0.403. The molecule has 2 fully saturated rings. The maximum Gasteiger partial charge on any atom is 0.127 e. The smallest absolute Gasteiger partial charge is 0.127 e. The standard InChI is InChI=1S/C16H20BrFO/c17-14-4-3-12(16(18)9-14)7-15(19)8-13-6-10-1-2-11(13)5-10/h3-4,9-11,13,15,19H,1-2,5-8H2. The Labute approximate surface area is 122 Å². The molecule has 1 aromatic rings. The molecule has 1 N–H and O–H groups in total. The Hall–Kier alpha value is -0.410. The summed E-state index contributed by atoms with van der Waals surface area (Å²) in [5.41, 5.74) is 0.624. The first-order valence-corrected chi connectivity index (χ1v) is 8.03. The predicted octanol–water partition coefficient (Wildman–Crippen LogP) is 4.32. The van der Waals surface area contributed by atoms with Crippen molar-refractivity contribution >= 4 is 15.9 Å². The van der Waals surface area contributed by atoms with Gasteiger partial charge < -0.3 is 5.11 Å². The van der Waals surface area contributed by atoms with Crippen LogP contribution in [0.2, 0.25) is 0 Å². The second-order valence-electron chi connectivity index (χ2n) is 6.26. The lowest BCUT2D eigenvalue weighted by molar-refractivity contribution is 0.124. The van der Waals surface area contributed by atoms with Crippen molar-refractivity contribution in [3.63, 3.8) is 0 Å². The van der Waals surface area contributed by atoms with Gasteiger partial charge in [-0.1, -0.05) is 28.4 Å². The van der Waals surface area contributed by atoms with Crippen LogP contribution in [0.25, 0.3) is 0 Å². The summed E-state index contributed by atoms with van der Waals surface area (Å²) in [5.74, 6) is 2.19. The van der Waals surface area contributed by atoms with Gasteiger partial charge in [0.15, 0.2) is 0 Å². The van der Waals surface area contributed by atoms with E-state index in [1.54, 1.807) is 6.07 Å². The van der Waals surface area contributed by atoms with Crippen molar-refractivity contribution in [2.45, 2.75) is 44.6 Å². The summed E-state index contributed by atoms with van der Waals surface area (Å²) in [6.45, 7) is 0. The Kier molecular flexibility index (Phi) is 3.95. The molecule has 3 heteroatoms. The average molecular weight is 327 g/mol. The number of halogens is 2. The molecule has 1 nitrogen and oxygen atoms in total. The molecule has 0 aliphatic heterocycles. The molecule has 0 spiro atoms. The molecule has 104 valence electrons. The van der Waals surface area contributed by atoms with Gasteiger partial charge in [0, 0.05) is 10.9 Å². The van der Waals surface area contributed by atoms with Crippen LogP contribution in [0.3, 0.4) is 0 Å². The van der Waals surface area contributed by atoms with Crippen molar-refractivity contribution in [2.75, 3.05) is 0 Å². The monoisotopic (exact) mass is 326 g/mol. The van der Waals surface area contributed by atoms with Crippen LogP contribution in [-0.2, 0) is 6.42 Å². The number of fused-ring (bicyclic) bond motifs is 2. The van der Waals surface area contributed by atoms with E-state index in [4.69, 9.17) is 0 Å². The lowest BCUT2D eigenvalue weighted by Crippen LogP contribution is -2.20. The molecule has 19 heavy (non-hydrogen) atoms. The van der Waals surface area contributed by atoms with Crippen molar-refractivity contribution in [1.29, 1.82) is 0 Å². The largest absolute Gasteiger partial charge is 0.393 e. The van der Waals surface area contributed by atoms with E-state index in [2.05, 4.69) is 15.9 Å². The van der Waals surface area contributed by atoms with Crippen LogP contribution >= 0.6 is 15.9 Å². The molecule has 0 radical (unpaired) electrons. The molecule has 2 aliphatic rings. The summed E-state index contributed by atoms with van der Waals surface area (Å²) in [7, 11) is 0. The van der Waals surface area contributed by atoms with E-state index in [0.717, 1.165) is 22.7 Å². The Morgan fingerprint density at radius 3 is 2.79 bits per heavy atom. The highest BCUT2D eigenvalue weighted by Crippen LogP contribution is 2.50. The maximum absolute atomic E-state index is 13.7. The zero-order valence-corrected chi connectivity index (χ0v) is 12.6. The summed E-state index contributed by atoms with van der Waals surface area (Å²) in [6.07, 6.45) is 6.26. The highest BCUT2D eigenvalue weighted by Gasteiger charge is 2.39. The SMILES string of the molecule is OC(Cc1ccc(Br)cc1F)CC1CC2CCC1C2. The van der Waals surface area contributed by atoms with Crippen molar-refractivity contribution < 1.29 is 9.50 Å². The van der Waals surface area contributed by atoms with Gasteiger partial charge in [-0.05, 0) is 61.1 Å². The Morgan fingerprint density at radius 2 is 2.16 bits per heavy atom. The molecule has 0 aromatic heterocycles. The van der Waals surface area contributed by atoms with Crippen LogP contribution in [-0.4, -0.2) is 11.2 Å². The second-order valence-corrected chi connectivity index (χ2v) is 7.18. The Morgan fingerprint density at radius 1 is 1.32 bits per heavy atom. The maximum atomic E-state index is 13.7. The van der Waals surface area contributed by atoms with Gasteiger partial charge in [0.1, 0.15) is 5.82 Å². The fourth-order valence-electron chi connectivity index (χ4n) is 4.04. The van der Waals surface area contributed by atoms with Crippen LogP contribution in [0.4, 0.5) is 4.39 Å². The summed E-state index contributed by atoms with van der Waals surface area (Å²) in [6, 6.07) is 5.08. The molecule has 0 amide bonds. The molecule has 2 bridgehead atoms. The van der Waals surface area contributed by atoms with Crippen LogP contribution in [0, 0.1) is 23.6 Å². The van der Waals surface area contributed by atoms with Crippen molar-refractivity contribution in [3.8, 4) is 0 Å². The number of hydrogen-bond donors (Lipinski definition) is 1. The highest BCUT2D eigenvalue weighted by molar-refractivity contribution is 9.10. The molecule has 0 heterocycles. The first-order chi connectivity index (χ1) is 9.11. The summed E-state index contributed by atoms with van der Waals surface area (Å²) in [4.78, 5) is 0. The highest BCUT2D eigenvalue weighted by atomic mass is 79.9. The van der Waals surface area contributed by atoms with Crippen LogP contribution in [0.1, 0.15) is 37.7 Å². The van der Waals surface area contributed by atoms with Crippen LogP contribution in [0.15, 0.2) is 22.7 Å². The first-order valence-electron chi connectivity index (χ1n) is 7.24. The van der Waals surface area contributed by atoms with Gasteiger partial charge in [0.25, 0.3) is 0 Å². The summed E-state index contributed by atoms with van der Waals surface area (Å²) in [5, 5.41) is 10.2. The number of benzene rings is 1. The predicted molar refractivity (Wildman–Crippen MR) is 77.4 cm³/mol. The third-order valence-corrected chi connectivity index (χ3v) is 5.42. The van der Waals surface area contributed by atoms with Gasteiger partial charge in [0.05, 0.1) is 6.10 Å². The minimum Gasteiger partial charge on any atom is -0.393 e. The van der Waals surface area contributed by atoms with E-state index in [1.807, 2.05) is 6.07 Å². The number of rotatable bonds is 4. The van der Waals surface area contributed by atoms with Crippen molar-refractivity contribution in [1.82, 2.24) is 0 Å². The number of aliphatic hydroxyl groups is 1. The summed E-state index contributed by atoms with van der Waals surface area (Å²) < 4.78 is 14.5. The zero-order chi connectivity index (χ0) is 13.4.